The van der Waals surface area contributed by atoms with Gasteiger partial charge in [0.05, 0.1) is 6.61 Å². The molecular formula is C28H36O4. The number of unbranched alkanes of at least 4 members (excludes halogenated alkanes) is 9. The van der Waals surface area contributed by atoms with Crippen LogP contribution < -0.4 is 9.47 Å². The van der Waals surface area contributed by atoms with Crippen molar-refractivity contribution >= 4 is 18.3 Å². The highest BCUT2D eigenvalue weighted by atomic mass is 16.5. The number of ether oxygens (including phenoxy) is 2. The molecule has 0 aromatic heterocycles. The van der Waals surface area contributed by atoms with Gasteiger partial charge in [0.15, 0.2) is 0 Å². The summed E-state index contributed by atoms with van der Waals surface area (Å²) in [5.74, 6) is 0.780. The lowest BCUT2D eigenvalue weighted by Gasteiger charge is -2.06. The van der Waals surface area contributed by atoms with Gasteiger partial charge < -0.3 is 9.47 Å². The average molecular weight is 437 g/mol. The molecule has 0 N–H and O–H groups in total. The Balaban J connectivity index is 1.58. The van der Waals surface area contributed by atoms with Gasteiger partial charge in [-0.2, -0.15) is 0 Å². The Morgan fingerprint density at radius 3 is 1.84 bits per heavy atom. The summed E-state index contributed by atoms with van der Waals surface area (Å²) in [6.07, 6.45) is 17.0. The van der Waals surface area contributed by atoms with Crippen LogP contribution in [0, 0.1) is 0 Å². The van der Waals surface area contributed by atoms with Crippen molar-refractivity contribution in [1.29, 1.82) is 0 Å². The van der Waals surface area contributed by atoms with Crippen LogP contribution in [0.25, 0.3) is 6.08 Å². The van der Waals surface area contributed by atoms with Crippen molar-refractivity contribution in [1.82, 2.24) is 0 Å². The van der Waals surface area contributed by atoms with E-state index in [-0.39, 0.29) is 0 Å². The Morgan fingerprint density at radius 1 is 0.719 bits per heavy atom. The molecule has 0 spiro atoms. The maximum absolute atomic E-state index is 11.9. The van der Waals surface area contributed by atoms with Crippen molar-refractivity contribution in [2.45, 2.75) is 71.1 Å². The Hall–Kier alpha value is -2.88. The van der Waals surface area contributed by atoms with E-state index < -0.39 is 5.97 Å². The number of aldehydes is 1. The first-order valence-electron chi connectivity index (χ1n) is 11.9. The predicted molar refractivity (Wildman–Crippen MR) is 130 cm³/mol. The zero-order valence-corrected chi connectivity index (χ0v) is 19.3. The summed E-state index contributed by atoms with van der Waals surface area (Å²) in [5, 5.41) is 0. The van der Waals surface area contributed by atoms with Crippen LogP contribution in [0.15, 0.2) is 54.6 Å². The number of esters is 1. The number of hydrogen-bond acceptors (Lipinski definition) is 4. The molecule has 2 rings (SSSR count). The molecule has 0 saturated carbocycles. The fraction of sp³-hybridized carbons (Fsp3) is 0.429. The number of benzene rings is 2. The minimum absolute atomic E-state index is 0.404. The molecule has 2 aromatic carbocycles. The first-order valence-corrected chi connectivity index (χ1v) is 11.9. The van der Waals surface area contributed by atoms with Crippen molar-refractivity contribution in [2.75, 3.05) is 6.61 Å². The monoisotopic (exact) mass is 436 g/mol. The molecular weight excluding hydrogens is 400 g/mol. The van der Waals surface area contributed by atoms with Gasteiger partial charge in [0, 0.05) is 11.6 Å². The van der Waals surface area contributed by atoms with E-state index in [0.717, 1.165) is 30.6 Å². The van der Waals surface area contributed by atoms with Gasteiger partial charge >= 0.3 is 5.97 Å². The van der Waals surface area contributed by atoms with E-state index in [1.165, 1.54) is 63.9 Å². The lowest BCUT2D eigenvalue weighted by molar-refractivity contribution is -0.128. The third-order valence-electron chi connectivity index (χ3n) is 5.29. The number of rotatable bonds is 16. The molecule has 4 nitrogen and oxygen atoms in total. The summed E-state index contributed by atoms with van der Waals surface area (Å²) in [7, 11) is 0. The van der Waals surface area contributed by atoms with E-state index in [1.807, 2.05) is 24.3 Å². The molecule has 0 unspecified atom stereocenters. The molecule has 0 aliphatic heterocycles. The molecule has 0 bridgehead atoms. The highest BCUT2D eigenvalue weighted by Crippen LogP contribution is 2.16. The Morgan fingerprint density at radius 2 is 1.25 bits per heavy atom. The van der Waals surface area contributed by atoms with Crippen LogP contribution >= 0.6 is 0 Å². The summed E-state index contributed by atoms with van der Waals surface area (Å²) in [6, 6.07) is 14.1. The third kappa shape index (κ3) is 10.9. The SMILES string of the molecule is CCCCCCCCCCCCOc1ccc(/C=C/C(=O)Oc2ccc(C=O)cc2)cc1. The first kappa shape index (κ1) is 25.4. The maximum atomic E-state index is 11.9. The van der Waals surface area contributed by atoms with Crippen molar-refractivity contribution in [3.05, 3.63) is 65.7 Å². The number of carbonyl (C=O) groups is 2. The summed E-state index contributed by atoms with van der Waals surface area (Å²) in [4.78, 5) is 22.6. The molecule has 172 valence electrons. The first-order chi connectivity index (χ1) is 15.7. The molecule has 2 aromatic rings. The molecule has 0 heterocycles. The molecule has 0 radical (unpaired) electrons. The lowest BCUT2D eigenvalue weighted by Crippen LogP contribution is -2.03. The molecule has 0 atom stereocenters. The Labute approximate surface area is 192 Å². The second-order valence-electron chi connectivity index (χ2n) is 8.04. The maximum Gasteiger partial charge on any atom is 0.336 e. The van der Waals surface area contributed by atoms with Gasteiger partial charge in [-0.1, -0.05) is 76.8 Å². The van der Waals surface area contributed by atoms with Crippen molar-refractivity contribution in [3.63, 3.8) is 0 Å². The quantitative estimate of drug-likeness (QED) is 0.0903. The minimum atomic E-state index is -0.467. The lowest BCUT2D eigenvalue weighted by atomic mass is 10.1. The van der Waals surface area contributed by atoms with Crippen LogP contribution in [0.1, 0.15) is 87.1 Å². The van der Waals surface area contributed by atoms with E-state index in [1.54, 1.807) is 30.3 Å². The van der Waals surface area contributed by atoms with Crippen LogP contribution in [-0.4, -0.2) is 18.9 Å². The Bertz CT molecular complexity index is 806. The minimum Gasteiger partial charge on any atom is -0.494 e. The van der Waals surface area contributed by atoms with Gasteiger partial charge in [0.25, 0.3) is 0 Å². The van der Waals surface area contributed by atoms with E-state index >= 15 is 0 Å². The van der Waals surface area contributed by atoms with Crippen LogP contribution in [0.5, 0.6) is 11.5 Å². The smallest absolute Gasteiger partial charge is 0.336 e. The summed E-state index contributed by atoms with van der Waals surface area (Å²) in [5.41, 5.74) is 1.43. The number of hydrogen-bond donors (Lipinski definition) is 0. The van der Waals surface area contributed by atoms with Gasteiger partial charge in [-0.05, 0) is 54.5 Å². The fourth-order valence-corrected chi connectivity index (χ4v) is 3.38. The fourth-order valence-electron chi connectivity index (χ4n) is 3.38. The van der Waals surface area contributed by atoms with Gasteiger partial charge in [-0.25, -0.2) is 4.79 Å². The largest absolute Gasteiger partial charge is 0.494 e. The summed E-state index contributed by atoms with van der Waals surface area (Å²) in [6.45, 7) is 2.99. The van der Waals surface area contributed by atoms with Crippen LogP contribution in [0.3, 0.4) is 0 Å². The highest BCUT2D eigenvalue weighted by molar-refractivity contribution is 5.88. The van der Waals surface area contributed by atoms with Crippen LogP contribution in [0.2, 0.25) is 0 Å². The van der Waals surface area contributed by atoms with E-state index in [4.69, 9.17) is 9.47 Å². The molecule has 32 heavy (non-hydrogen) atoms. The molecule has 0 aliphatic rings. The van der Waals surface area contributed by atoms with Gasteiger partial charge in [0.2, 0.25) is 0 Å². The van der Waals surface area contributed by atoms with Gasteiger partial charge in [-0.15, -0.1) is 0 Å². The second-order valence-corrected chi connectivity index (χ2v) is 8.04. The molecule has 4 heteroatoms. The molecule has 0 amide bonds. The molecule has 0 aliphatic carbocycles. The van der Waals surface area contributed by atoms with Gasteiger partial charge in [-0.3, -0.25) is 4.79 Å². The van der Waals surface area contributed by atoms with Crippen LogP contribution in [-0.2, 0) is 4.79 Å². The predicted octanol–water partition coefficient (Wildman–Crippen LogP) is 7.42. The molecule has 0 fully saturated rings. The summed E-state index contributed by atoms with van der Waals surface area (Å²) < 4.78 is 11.0. The Kier molecular flexibility index (Phi) is 12.6. The standard InChI is InChI=1S/C28H36O4/c1-2-3-4-5-6-7-8-9-10-11-22-31-26-17-12-24(13-18-26)16-21-28(30)32-27-19-14-25(23-29)15-20-27/h12-21,23H,2-11,22H2,1H3/b21-16+. The van der Waals surface area contributed by atoms with Crippen molar-refractivity contribution in [2.24, 2.45) is 0 Å². The van der Waals surface area contributed by atoms with Gasteiger partial charge in [0.1, 0.15) is 17.8 Å². The van der Waals surface area contributed by atoms with E-state index in [2.05, 4.69) is 6.92 Å². The zero-order chi connectivity index (χ0) is 22.9. The van der Waals surface area contributed by atoms with E-state index in [0.29, 0.717) is 11.3 Å². The van der Waals surface area contributed by atoms with Crippen molar-refractivity contribution < 1.29 is 19.1 Å². The zero-order valence-electron chi connectivity index (χ0n) is 19.3. The highest BCUT2D eigenvalue weighted by Gasteiger charge is 2.01. The average Bonchev–Trinajstić information content (AvgIpc) is 2.82. The second kappa shape index (κ2) is 15.9. The topological polar surface area (TPSA) is 52.6 Å². The third-order valence-corrected chi connectivity index (χ3v) is 5.29. The van der Waals surface area contributed by atoms with Crippen molar-refractivity contribution in [3.8, 4) is 11.5 Å². The van der Waals surface area contributed by atoms with Crippen LogP contribution in [0.4, 0.5) is 0 Å². The number of carbonyl (C=O) groups excluding carboxylic acids is 2. The molecule has 0 saturated heterocycles. The normalized spacial score (nSPS) is 10.9. The summed E-state index contributed by atoms with van der Waals surface area (Å²) >= 11 is 0. The van der Waals surface area contributed by atoms with E-state index in [9.17, 15) is 9.59 Å².